The van der Waals surface area contributed by atoms with E-state index in [0.717, 1.165) is 11.6 Å². The lowest BCUT2D eigenvalue weighted by molar-refractivity contribution is 0.00988. The summed E-state index contributed by atoms with van der Waals surface area (Å²) in [6.07, 6.45) is -1.08. The first-order chi connectivity index (χ1) is 14.2. The number of ether oxygens (including phenoxy) is 2. The van der Waals surface area contributed by atoms with Crippen LogP contribution in [0.4, 0.5) is 4.39 Å². The summed E-state index contributed by atoms with van der Waals surface area (Å²) in [6.45, 7) is 1.43. The number of rotatable bonds is 5. The van der Waals surface area contributed by atoms with Crippen LogP contribution >= 0.6 is 23.2 Å². The van der Waals surface area contributed by atoms with E-state index in [9.17, 15) is 12.8 Å². The van der Waals surface area contributed by atoms with Crippen LogP contribution in [0.2, 0.25) is 10.0 Å². The first kappa shape index (κ1) is 20.9. The highest BCUT2D eigenvalue weighted by atomic mass is 35.5. The van der Waals surface area contributed by atoms with E-state index in [0.29, 0.717) is 21.2 Å². The Morgan fingerprint density at radius 2 is 1.73 bits per heavy atom. The molecule has 0 fully saturated rings. The van der Waals surface area contributed by atoms with E-state index in [-0.39, 0.29) is 16.4 Å². The normalized spacial score (nSPS) is 15.4. The van der Waals surface area contributed by atoms with Crippen LogP contribution in [0.25, 0.3) is 11.1 Å². The summed E-state index contributed by atoms with van der Waals surface area (Å²) in [6, 6.07) is 13.4. The number of aryl methyl sites for hydroxylation is 1. The predicted molar refractivity (Wildman–Crippen MR) is 111 cm³/mol. The predicted octanol–water partition coefficient (Wildman–Crippen LogP) is 5.61. The molecular formula is C21H15Cl2FO5S. The summed E-state index contributed by atoms with van der Waals surface area (Å²) >= 11 is 12.2. The zero-order chi connectivity index (χ0) is 21.5. The van der Waals surface area contributed by atoms with Crippen molar-refractivity contribution >= 4 is 33.3 Å². The molecule has 5 nitrogen and oxygen atoms in total. The van der Waals surface area contributed by atoms with Crippen LogP contribution in [0.1, 0.15) is 5.56 Å². The molecule has 0 saturated carbocycles. The van der Waals surface area contributed by atoms with E-state index in [4.69, 9.17) is 36.9 Å². The van der Waals surface area contributed by atoms with Crippen molar-refractivity contribution < 1.29 is 26.5 Å². The van der Waals surface area contributed by atoms with Gasteiger partial charge < -0.3 is 9.47 Å². The molecule has 1 aliphatic rings. The highest BCUT2D eigenvalue weighted by molar-refractivity contribution is 7.86. The van der Waals surface area contributed by atoms with Crippen molar-refractivity contribution in [3.8, 4) is 22.6 Å². The maximum atomic E-state index is 14.1. The maximum absolute atomic E-state index is 14.1. The van der Waals surface area contributed by atoms with Gasteiger partial charge in [0, 0.05) is 22.2 Å². The smallest absolute Gasteiger partial charge is 0.297 e. The average Bonchev–Trinajstić information content (AvgIpc) is 3.09. The van der Waals surface area contributed by atoms with Crippen molar-refractivity contribution in [1.29, 1.82) is 0 Å². The van der Waals surface area contributed by atoms with E-state index >= 15 is 0 Å². The van der Waals surface area contributed by atoms with Gasteiger partial charge in [0.25, 0.3) is 16.4 Å². The van der Waals surface area contributed by atoms with E-state index in [1.807, 2.05) is 6.92 Å². The molecule has 0 amide bonds. The Hall–Kier alpha value is -2.32. The van der Waals surface area contributed by atoms with Gasteiger partial charge in [0.2, 0.25) is 0 Å². The summed E-state index contributed by atoms with van der Waals surface area (Å²) in [7, 11) is -4.00. The second-order valence-electron chi connectivity index (χ2n) is 6.62. The van der Waals surface area contributed by atoms with Gasteiger partial charge in [-0.15, -0.1) is 0 Å². The molecule has 30 heavy (non-hydrogen) atoms. The molecule has 0 aromatic heterocycles. The molecule has 1 heterocycles. The van der Waals surface area contributed by atoms with Crippen LogP contribution in [0.5, 0.6) is 11.5 Å². The quantitative estimate of drug-likeness (QED) is 0.455. The Kier molecular flexibility index (Phi) is 5.63. The van der Waals surface area contributed by atoms with Crippen LogP contribution in [-0.4, -0.2) is 21.3 Å². The summed E-state index contributed by atoms with van der Waals surface area (Å²) in [5, 5.41) is 0.738. The highest BCUT2D eigenvalue weighted by Crippen LogP contribution is 2.46. The van der Waals surface area contributed by atoms with E-state index in [1.54, 1.807) is 24.3 Å². The van der Waals surface area contributed by atoms with Crippen LogP contribution in [-0.2, 0) is 14.3 Å². The van der Waals surface area contributed by atoms with Crippen molar-refractivity contribution in [3.63, 3.8) is 0 Å². The first-order valence-electron chi connectivity index (χ1n) is 8.81. The Morgan fingerprint density at radius 3 is 2.43 bits per heavy atom. The van der Waals surface area contributed by atoms with Gasteiger partial charge in [0.15, 0.2) is 11.5 Å². The van der Waals surface area contributed by atoms with Crippen molar-refractivity contribution in [2.75, 3.05) is 6.61 Å². The van der Waals surface area contributed by atoms with Crippen LogP contribution in [0.3, 0.4) is 0 Å². The minimum Gasteiger partial charge on any atom is -0.448 e. The zero-order valence-electron chi connectivity index (χ0n) is 15.6. The van der Waals surface area contributed by atoms with Gasteiger partial charge in [-0.2, -0.15) is 8.42 Å². The van der Waals surface area contributed by atoms with Crippen molar-refractivity contribution in [3.05, 3.63) is 76.0 Å². The Morgan fingerprint density at radius 1 is 1.00 bits per heavy atom. The molecule has 0 aliphatic carbocycles. The van der Waals surface area contributed by atoms with Crippen LogP contribution in [0, 0.1) is 12.7 Å². The number of hydrogen-bond donors (Lipinski definition) is 0. The monoisotopic (exact) mass is 468 g/mol. The van der Waals surface area contributed by atoms with Crippen molar-refractivity contribution in [2.45, 2.75) is 18.1 Å². The molecular weight excluding hydrogens is 454 g/mol. The summed E-state index contributed by atoms with van der Waals surface area (Å²) < 4.78 is 55.2. The van der Waals surface area contributed by atoms with Gasteiger partial charge in [-0.25, -0.2) is 4.39 Å². The van der Waals surface area contributed by atoms with Gasteiger partial charge in [-0.1, -0.05) is 47.0 Å². The Bertz CT molecular complexity index is 1210. The first-order valence-corrected chi connectivity index (χ1v) is 11.0. The SMILES string of the molecule is Cc1ccc(S(=O)(=O)OCC2Oc3cc(F)cc(-c4ccc(Cl)cc4Cl)c3O2)cc1. The van der Waals surface area contributed by atoms with Crippen molar-refractivity contribution in [2.24, 2.45) is 0 Å². The molecule has 0 bridgehead atoms. The standard InChI is InChI=1S/C21H15Cl2FO5S/c1-12-2-5-15(6-3-12)30(25,26)27-11-20-28-19-10-14(24)9-17(21(19)29-20)16-7-4-13(22)8-18(16)23/h2-10,20H,11H2,1H3. The third-order valence-electron chi connectivity index (χ3n) is 4.42. The zero-order valence-corrected chi connectivity index (χ0v) is 17.9. The molecule has 3 aromatic rings. The molecule has 0 radical (unpaired) electrons. The summed E-state index contributed by atoms with van der Waals surface area (Å²) in [4.78, 5) is 0.0169. The minimum atomic E-state index is -4.00. The van der Waals surface area contributed by atoms with Gasteiger partial charge in [-0.05, 0) is 37.3 Å². The second kappa shape index (κ2) is 8.07. The Balaban J connectivity index is 1.55. The molecule has 156 valence electrons. The third-order valence-corrected chi connectivity index (χ3v) is 6.26. The fourth-order valence-electron chi connectivity index (χ4n) is 2.97. The number of benzene rings is 3. The average molecular weight is 469 g/mol. The minimum absolute atomic E-state index is 0.0169. The molecule has 0 saturated heterocycles. The molecule has 0 N–H and O–H groups in total. The topological polar surface area (TPSA) is 61.8 Å². The van der Waals surface area contributed by atoms with E-state index in [2.05, 4.69) is 0 Å². The summed E-state index contributed by atoms with van der Waals surface area (Å²) in [5.41, 5.74) is 1.77. The number of fused-ring (bicyclic) bond motifs is 1. The van der Waals surface area contributed by atoms with E-state index in [1.165, 1.54) is 24.3 Å². The molecule has 1 atom stereocenters. The van der Waals surface area contributed by atoms with Crippen LogP contribution < -0.4 is 9.47 Å². The maximum Gasteiger partial charge on any atom is 0.297 e. The van der Waals surface area contributed by atoms with Gasteiger partial charge in [0.1, 0.15) is 12.4 Å². The van der Waals surface area contributed by atoms with Gasteiger partial charge >= 0.3 is 0 Å². The summed E-state index contributed by atoms with van der Waals surface area (Å²) in [5.74, 6) is -0.202. The van der Waals surface area contributed by atoms with E-state index < -0.39 is 28.8 Å². The molecule has 1 aliphatic heterocycles. The van der Waals surface area contributed by atoms with Crippen molar-refractivity contribution in [1.82, 2.24) is 0 Å². The van der Waals surface area contributed by atoms with Crippen LogP contribution in [0.15, 0.2) is 59.5 Å². The number of hydrogen-bond acceptors (Lipinski definition) is 5. The van der Waals surface area contributed by atoms with Gasteiger partial charge in [0.05, 0.1) is 9.92 Å². The lowest BCUT2D eigenvalue weighted by atomic mass is 10.0. The molecule has 9 heteroatoms. The fraction of sp³-hybridized carbons (Fsp3) is 0.143. The third kappa shape index (κ3) is 4.25. The fourth-order valence-corrected chi connectivity index (χ4v) is 4.38. The molecule has 0 spiro atoms. The second-order valence-corrected chi connectivity index (χ2v) is 9.08. The highest BCUT2D eigenvalue weighted by Gasteiger charge is 2.31. The largest absolute Gasteiger partial charge is 0.448 e. The van der Waals surface area contributed by atoms with Gasteiger partial charge in [-0.3, -0.25) is 4.18 Å². The molecule has 1 unspecified atom stereocenters. The Labute approximate surface area is 183 Å². The lowest BCUT2D eigenvalue weighted by Gasteiger charge is -2.12. The molecule has 3 aromatic carbocycles. The molecule has 4 rings (SSSR count). The lowest BCUT2D eigenvalue weighted by Crippen LogP contribution is -2.26. The number of halogens is 3.